The Labute approximate surface area is 215 Å². The molecule has 1 atom stereocenters. The van der Waals surface area contributed by atoms with Gasteiger partial charge in [-0.2, -0.15) is 13.2 Å². The molecule has 0 saturated carbocycles. The molecule has 1 N–H and O–H groups in total. The molecule has 2 aromatic heterocycles. The van der Waals surface area contributed by atoms with Crippen LogP contribution in [0.3, 0.4) is 0 Å². The summed E-state index contributed by atoms with van der Waals surface area (Å²) in [5.74, 6) is -0.703. The van der Waals surface area contributed by atoms with Gasteiger partial charge in [-0.25, -0.2) is 4.98 Å². The number of hydrogen-bond donors (Lipinski definition) is 1. The van der Waals surface area contributed by atoms with E-state index in [9.17, 15) is 22.8 Å². The number of benzene rings is 2. The van der Waals surface area contributed by atoms with Gasteiger partial charge in [-0.05, 0) is 49.2 Å². The molecule has 2 heterocycles. The number of alkyl halides is 3. The molecule has 0 spiro atoms. The lowest BCUT2D eigenvalue weighted by molar-refractivity contribution is -0.137. The van der Waals surface area contributed by atoms with Crippen LogP contribution in [0.2, 0.25) is 5.02 Å². The van der Waals surface area contributed by atoms with E-state index in [-0.39, 0.29) is 10.7 Å². The van der Waals surface area contributed by atoms with Crippen LogP contribution in [-0.2, 0) is 17.4 Å². The smallest absolute Gasteiger partial charge is 0.323 e. The van der Waals surface area contributed by atoms with Crippen molar-refractivity contribution in [3.63, 3.8) is 0 Å². The average molecular weight is 585 g/mol. The average Bonchev–Trinajstić information content (AvgIpc) is 3.19. The molecule has 5 nitrogen and oxygen atoms in total. The number of rotatable bonds is 5. The van der Waals surface area contributed by atoms with Crippen LogP contribution in [-0.4, -0.2) is 15.5 Å². The molecule has 0 aliphatic heterocycles. The summed E-state index contributed by atoms with van der Waals surface area (Å²) < 4.78 is 41.3. The number of anilines is 1. The zero-order valence-electron chi connectivity index (χ0n) is 18.4. The van der Waals surface area contributed by atoms with Gasteiger partial charge in [0.05, 0.1) is 28.0 Å². The van der Waals surface area contributed by atoms with Crippen molar-refractivity contribution in [1.29, 1.82) is 0 Å². The van der Waals surface area contributed by atoms with E-state index < -0.39 is 29.2 Å². The van der Waals surface area contributed by atoms with E-state index in [1.807, 2.05) is 31.2 Å². The first kappa shape index (κ1) is 25.4. The van der Waals surface area contributed by atoms with Crippen molar-refractivity contribution >= 4 is 60.7 Å². The highest BCUT2D eigenvalue weighted by Crippen LogP contribution is 2.37. The maximum absolute atomic E-state index is 13.5. The number of halogens is 5. The van der Waals surface area contributed by atoms with E-state index in [0.29, 0.717) is 16.6 Å². The van der Waals surface area contributed by atoms with Crippen LogP contribution in [0, 0.1) is 0 Å². The van der Waals surface area contributed by atoms with Crippen LogP contribution in [0.4, 0.5) is 18.9 Å². The first-order chi connectivity index (χ1) is 16.5. The Balaban J connectivity index is 1.74. The minimum Gasteiger partial charge on any atom is -0.323 e. The van der Waals surface area contributed by atoms with Crippen LogP contribution in [0.1, 0.15) is 30.3 Å². The zero-order valence-corrected chi connectivity index (χ0v) is 21.6. The second kappa shape index (κ2) is 9.75. The maximum atomic E-state index is 13.5. The van der Waals surface area contributed by atoms with Gasteiger partial charge in [-0.15, -0.1) is 11.3 Å². The third-order valence-corrected chi connectivity index (χ3v) is 7.61. The van der Waals surface area contributed by atoms with Gasteiger partial charge in [0.2, 0.25) is 5.91 Å². The summed E-state index contributed by atoms with van der Waals surface area (Å²) in [7, 11) is 0. The Morgan fingerprint density at radius 3 is 2.54 bits per heavy atom. The normalized spacial score (nSPS) is 12.7. The summed E-state index contributed by atoms with van der Waals surface area (Å²) in [6, 6.07) is 9.13. The number of nitrogens with zero attached hydrogens (tertiary/aromatic N) is 2. The molecule has 1 unspecified atom stereocenters. The molecule has 0 radical (unpaired) electrons. The summed E-state index contributed by atoms with van der Waals surface area (Å²) in [5.41, 5.74) is 0.0530. The van der Waals surface area contributed by atoms with Crippen molar-refractivity contribution < 1.29 is 18.0 Å². The number of amides is 1. The number of fused-ring (bicyclic) bond motifs is 1. The minimum atomic E-state index is -4.60. The molecule has 35 heavy (non-hydrogen) atoms. The molecule has 0 aliphatic carbocycles. The van der Waals surface area contributed by atoms with Crippen molar-refractivity contribution in [3.05, 3.63) is 79.1 Å². The van der Waals surface area contributed by atoms with Crippen molar-refractivity contribution in [2.45, 2.75) is 32.5 Å². The molecule has 182 valence electrons. The van der Waals surface area contributed by atoms with Crippen LogP contribution >= 0.6 is 38.9 Å². The summed E-state index contributed by atoms with van der Waals surface area (Å²) in [4.78, 5) is 32.4. The Bertz CT molecular complexity index is 1480. The molecule has 4 aromatic rings. The van der Waals surface area contributed by atoms with Crippen molar-refractivity contribution in [2.75, 3.05) is 5.32 Å². The van der Waals surface area contributed by atoms with E-state index >= 15 is 0 Å². The summed E-state index contributed by atoms with van der Waals surface area (Å²) in [5, 5.41) is 2.75. The fourth-order valence-electron chi connectivity index (χ4n) is 3.66. The molecule has 0 saturated heterocycles. The van der Waals surface area contributed by atoms with Gasteiger partial charge in [-0.1, -0.05) is 46.6 Å². The van der Waals surface area contributed by atoms with E-state index in [1.54, 1.807) is 0 Å². The minimum absolute atomic E-state index is 0.0533. The zero-order chi connectivity index (χ0) is 25.5. The third kappa shape index (κ3) is 5.00. The van der Waals surface area contributed by atoms with Crippen LogP contribution in [0.5, 0.6) is 0 Å². The first-order valence-electron chi connectivity index (χ1n) is 10.5. The van der Waals surface area contributed by atoms with Crippen molar-refractivity contribution in [3.8, 4) is 11.1 Å². The summed E-state index contributed by atoms with van der Waals surface area (Å²) >= 11 is 10.8. The lowest BCUT2D eigenvalue weighted by Gasteiger charge is -2.17. The van der Waals surface area contributed by atoms with Crippen molar-refractivity contribution in [1.82, 2.24) is 9.55 Å². The SMILES string of the molecule is CCc1sc2ncn(C(C)C(=O)Nc3cc(C(F)(F)F)ccc3Cl)c(=O)c2c1-c1ccc(Br)cc1. The van der Waals surface area contributed by atoms with Gasteiger partial charge in [0.25, 0.3) is 5.56 Å². The van der Waals surface area contributed by atoms with Gasteiger partial charge in [0.15, 0.2) is 0 Å². The van der Waals surface area contributed by atoms with E-state index in [0.717, 1.165) is 38.7 Å². The Kier molecular flexibility index (Phi) is 7.08. The second-order valence-corrected chi connectivity index (χ2v) is 10.2. The topological polar surface area (TPSA) is 64.0 Å². The lowest BCUT2D eigenvalue weighted by atomic mass is 10.0. The highest BCUT2D eigenvalue weighted by molar-refractivity contribution is 9.10. The fraction of sp³-hybridized carbons (Fsp3) is 0.208. The molecule has 11 heteroatoms. The Hall–Kier alpha value is -2.69. The molecule has 2 aromatic carbocycles. The second-order valence-electron chi connectivity index (χ2n) is 7.76. The predicted octanol–water partition coefficient (Wildman–Crippen LogP) is 7.32. The number of aryl methyl sites for hydroxylation is 1. The molecule has 0 bridgehead atoms. The number of carbonyl (C=O) groups excluding carboxylic acids is 1. The number of hydrogen-bond acceptors (Lipinski definition) is 4. The van der Waals surface area contributed by atoms with Crippen LogP contribution in [0.15, 0.2) is 58.1 Å². The molecular weight excluding hydrogens is 567 g/mol. The molecule has 0 aliphatic rings. The third-order valence-electron chi connectivity index (χ3n) is 5.51. The van der Waals surface area contributed by atoms with E-state index in [4.69, 9.17) is 11.6 Å². The highest BCUT2D eigenvalue weighted by atomic mass is 79.9. The van der Waals surface area contributed by atoms with Crippen LogP contribution < -0.4 is 10.9 Å². The largest absolute Gasteiger partial charge is 0.416 e. The van der Waals surface area contributed by atoms with E-state index in [2.05, 4.69) is 26.2 Å². The van der Waals surface area contributed by atoms with E-state index in [1.165, 1.54) is 29.2 Å². The quantitative estimate of drug-likeness (QED) is 0.267. The maximum Gasteiger partial charge on any atom is 0.416 e. The fourth-order valence-corrected chi connectivity index (χ4v) is 5.18. The number of thiophene rings is 1. The number of carbonyl (C=O) groups is 1. The molecule has 1 amide bonds. The van der Waals surface area contributed by atoms with Gasteiger partial charge in [-0.3, -0.25) is 14.2 Å². The number of aromatic nitrogens is 2. The Morgan fingerprint density at radius 1 is 1.23 bits per heavy atom. The van der Waals surface area contributed by atoms with Crippen molar-refractivity contribution in [2.24, 2.45) is 0 Å². The Morgan fingerprint density at radius 2 is 1.91 bits per heavy atom. The first-order valence-corrected chi connectivity index (χ1v) is 12.5. The standard InChI is InChI=1S/C24H18BrClF3N3O2S/c1-3-18-19(13-4-7-15(25)8-5-13)20-22(35-18)30-11-32(23(20)34)12(2)21(33)31-17-10-14(24(27,28)29)6-9-16(17)26/h4-12H,3H2,1-2H3,(H,31,33). The van der Waals surface area contributed by atoms with Gasteiger partial charge in [0.1, 0.15) is 10.9 Å². The van der Waals surface area contributed by atoms with Crippen LogP contribution in [0.25, 0.3) is 21.3 Å². The molecular formula is C24H18BrClF3N3O2S. The molecule has 4 rings (SSSR count). The predicted molar refractivity (Wildman–Crippen MR) is 136 cm³/mol. The van der Waals surface area contributed by atoms with Gasteiger partial charge in [0, 0.05) is 14.9 Å². The number of nitrogens with one attached hydrogen (secondary N) is 1. The summed E-state index contributed by atoms with van der Waals surface area (Å²) in [6.07, 6.45) is -2.62. The van der Waals surface area contributed by atoms with Gasteiger partial charge < -0.3 is 5.32 Å². The summed E-state index contributed by atoms with van der Waals surface area (Å²) in [6.45, 7) is 3.46. The van der Waals surface area contributed by atoms with Gasteiger partial charge >= 0.3 is 6.18 Å². The lowest BCUT2D eigenvalue weighted by Crippen LogP contribution is -2.31. The highest BCUT2D eigenvalue weighted by Gasteiger charge is 2.31. The molecule has 0 fully saturated rings. The monoisotopic (exact) mass is 583 g/mol.